The summed E-state index contributed by atoms with van der Waals surface area (Å²) in [5, 5.41) is 4.76. The molecule has 19 heavy (non-hydrogen) atoms. The van der Waals surface area contributed by atoms with Gasteiger partial charge in [0.15, 0.2) is 0 Å². The average Bonchev–Trinajstić information content (AvgIpc) is 2.75. The second kappa shape index (κ2) is 5.17. The Morgan fingerprint density at radius 1 is 1.37 bits per heavy atom. The number of amides is 2. The van der Waals surface area contributed by atoms with Crippen LogP contribution in [0.15, 0.2) is 39.8 Å². The summed E-state index contributed by atoms with van der Waals surface area (Å²) in [6.45, 7) is -0.154. The first-order valence-corrected chi connectivity index (χ1v) is 5.33. The van der Waals surface area contributed by atoms with Crippen LogP contribution in [0.25, 0.3) is 0 Å². The Bertz CT molecular complexity index is 673. The zero-order chi connectivity index (χ0) is 13.8. The second-order valence-electron chi connectivity index (χ2n) is 3.73. The molecule has 0 spiro atoms. The lowest BCUT2D eigenvalue weighted by Crippen LogP contribution is -2.41. The van der Waals surface area contributed by atoms with Gasteiger partial charge >= 0.3 is 5.63 Å². The second-order valence-corrected chi connectivity index (χ2v) is 3.73. The number of aromatic nitrogens is 2. The molecule has 0 fully saturated rings. The number of hydrogen-bond acceptors (Lipinski definition) is 4. The van der Waals surface area contributed by atoms with Crippen LogP contribution in [-0.4, -0.2) is 17.1 Å². The molecular weight excluding hydrogens is 252 g/mol. The Morgan fingerprint density at radius 3 is 2.74 bits per heavy atom. The van der Waals surface area contributed by atoms with Crippen molar-refractivity contribution >= 4 is 17.5 Å². The van der Waals surface area contributed by atoms with Gasteiger partial charge in [-0.1, -0.05) is 16.8 Å². The first kappa shape index (κ1) is 12.6. The van der Waals surface area contributed by atoms with E-state index in [9.17, 15) is 14.4 Å². The van der Waals surface area contributed by atoms with Gasteiger partial charge in [-0.25, -0.2) is 4.79 Å². The van der Waals surface area contributed by atoms with Crippen LogP contribution >= 0.6 is 0 Å². The molecule has 4 N–H and O–H groups in total. The highest BCUT2D eigenvalue weighted by atomic mass is 16.5. The van der Waals surface area contributed by atoms with E-state index in [0.29, 0.717) is 5.69 Å². The van der Waals surface area contributed by atoms with E-state index in [2.05, 4.69) is 15.1 Å². The van der Waals surface area contributed by atoms with Crippen molar-refractivity contribution in [3.05, 3.63) is 46.4 Å². The Labute approximate surface area is 106 Å². The number of rotatable bonds is 4. The van der Waals surface area contributed by atoms with Crippen LogP contribution in [0.5, 0.6) is 0 Å². The van der Waals surface area contributed by atoms with Crippen LogP contribution in [0.4, 0.5) is 5.69 Å². The number of benzene rings is 1. The van der Waals surface area contributed by atoms with Crippen molar-refractivity contribution in [3.63, 3.8) is 0 Å². The predicted molar refractivity (Wildman–Crippen MR) is 63.1 cm³/mol. The molecule has 0 bridgehead atoms. The molecule has 98 valence electrons. The molecule has 8 nitrogen and oxygen atoms in total. The van der Waals surface area contributed by atoms with Crippen molar-refractivity contribution in [3.8, 4) is 0 Å². The molecule has 0 atom stereocenters. The van der Waals surface area contributed by atoms with Crippen LogP contribution in [0.2, 0.25) is 0 Å². The third kappa shape index (κ3) is 3.06. The van der Waals surface area contributed by atoms with Crippen LogP contribution in [0, 0.1) is 0 Å². The lowest BCUT2D eigenvalue weighted by Gasteiger charge is -2.06. The molecule has 0 aliphatic rings. The largest absolute Gasteiger partial charge is 0.426 e. The summed E-state index contributed by atoms with van der Waals surface area (Å²) in [5.41, 5.74) is 5.12. The summed E-state index contributed by atoms with van der Waals surface area (Å²) in [5.74, 6) is -1.07. The number of carbonyl (C=O) groups excluding carboxylic acids is 2. The number of nitrogens with zero attached hydrogens (tertiary/aromatic N) is 1. The third-order valence-electron chi connectivity index (χ3n) is 2.31. The number of nitrogens with one attached hydrogen (secondary N) is 2. The van der Waals surface area contributed by atoms with E-state index in [1.54, 1.807) is 18.2 Å². The number of carbonyl (C=O) groups is 2. The molecule has 0 saturated carbocycles. The van der Waals surface area contributed by atoms with Gasteiger partial charge in [0.1, 0.15) is 0 Å². The highest BCUT2D eigenvalue weighted by Crippen LogP contribution is 2.13. The van der Waals surface area contributed by atoms with Crippen LogP contribution in [0.3, 0.4) is 0 Å². The number of hydrogen-bond donors (Lipinski definition) is 3. The topological polar surface area (TPSA) is 122 Å². The highest BCUT2D eigenvalue weighted by Gasteiger charge is 2.15. The van der Waals surface area contributed by atoms with Gasteiger partial charge in [-0.2, -0.15) is 0 Å². The molecule has 1 aromatic carbocycles. The predicted octanol–water partition coefficient (Wildman–Crippen LogP) is -1.01. The number of H-pyrrole nitrogens is 1. The number of nitrogens with two attached hydrogens (primary N) is 1. The summed E-state index contributed by atoms with van der Waals surface area (Å²) in [6.07, 6.45) is 1.10. The standard InChI is InChI=1S/C11H10N4O4/c12-11(18)7-3-1-2-4-8(7)13-9(16)5-15-6-10(17)19-14-15/h1-4,6H,5H2,(H3-,12,13,14,16,17,18)/p+1. The summed E-state index contributed by atoms with van der Waals surface area (Å²) >= 11 is 0. The van der Waals surface area contributed by atoms with Crippen LogP contribution in [0.1, 0.15) is 10.4 Å². The van der Waals surface area contributed by atoms with E-state index >= 15 is 0 Å². The van der Waals surface area contributed by atoms with Gasteiger partial charge in [0, 0.05) is 0 Å². The Morgan fingerprint density at radius 2 is 2.11 bits per heavy atom. The zero-order valence-electron chi connectivity index (χ0n) is 9.75. The van der Waals surface area contributed by atoms with Crippen molar-refractivity contribution in [2.24, 2.45) is 5.73 Å². The van der Waals surface area contributed by atoms with E-state index in [-0.39, 0.29) is 12.1 Å². The molecule has 0 unspecified atom stereocenters. The Balaban J connectivity index is 2.11. The molecule has 1 aromatic heterocycles. The lowest BCUT2D eigenvalue weighted by molar-refractivity contribution is -0.750. The molecule has 0 aliphatic heterocycles. The SMILES string of the molecule is NC(=O)c1ccccc1NC(=O)C[n+]1cc(=O)o[nH]1. The van der Waals surface area contributed by atoms with Crippen LogP contribution < -0.4 is 21.4 Å². The highest BCUT2D eigenvalue weighted by molar-refractivity contribution is 6.02. The van der Waals surface area contributed by atoms with Crippen molar-refractivity contribution in [2.75, 3.05) is 5.32 Å². The molecule has 2 aromatic rings. The maximum Gasteiger partial charge on any atom is 0.426 e. The summed E-state index contributed by atoms with van der Waals surface area (Å²) in [7, 11) is 0. The lowest BCUT2D eigenvalue weighted by atomic mass is 10.1. The van der Waals surface area contributed by atoms with Crippen LogP contribution in [-0.2, 0) is 11.3 Å². The molecule has 0 radical (unpaired) electrons. The number of aromatic amines is 1. The smallest absolute Gasteiger partial charge is 0.366 e. The number of anilines is 1. The minimum Gasteiger partial charge on any atom is -0.366 e. The van der Waals surface area contributed by atoms with Crippen molar-refractivity contribution < 1.29 is 18.8 Å². The van der Waals surface area contributed by atoms with Gasteiger partial charge in [-0.15, -0.1) is 0 Å². The summed E-state index contributed by atoms with van der Waals surface area (Å²) < 4.78 is 5.58. The number of para-hydroxylation sites is 1. The van der Waals surface area contributed by atoms with E-state index in [4.69, 9.17) is 5.73 Å². The molecule has 2 rings (SSSR count). The normalized spacial score (nSPS) is 10.1. The molecule has 1 heterocycles. The summed E-state index contributed by atoms with van der Waals surface area (Å²) in [4.78, 5) is 33.6. The maximum absolute atomic E-state index is 11.7. The van der Waals surface area contributed by atoms with Gasteiger partial charge in [0.25, 0.3) is 24.6 Å². The van der Waals surface area contributed by atoms with E-state index in [1.165, 1.54) is 10.7 Å². The third-order valence-corrected chi connectivity index (χ3v) is 2.31. The van der Waals surface area contributed by atoms with Crippen molar-refractivity contribution in [1.29, 1.82) is 0 Å². The molecule has 2 amide bonds. The molecule has 0 aliphatic carbocycles. The fourth-order valence-electron chi connectivity index (χ4n) is 1.51. The Kier molecular flexibility index (Phi) is 3.42. The van der Waals surface area contributed by atoms with E-state index < -0.39 is 17.4 Å². The van der Waals surface area contributed by atoms with E-state index in [1.807, 2.05) is 0 Å². The Hall–Kier alpha value is -2.90. The van der Waals surface area contributed by atoms with Gasteiger partial charge in [0.2, 0.25) is 0 Å². The van der Waals surface area contributed by atoms with E-state index in [0.717, 1.165) is 6.20 Å². The molecule has 0 saturated heterocycles. The van der Waals surface area contributed by atoms with Crippen molar-refractivity contribution in [2.45, 2.75) is 6.54 Å². The fourth-order valence-corrected chi connectivity index (χ4v) is 1.51. The first-order valence-electron chi connectivity index (χ1n) is 5.33. The fraction of sp³-hybridized carbons (Fsp3) is 0.0909. The summed E-state index contributed by atoms with van der Waals surface area (Å²) in [6, 6.07) is 6.36. The van der Waals surface area contributed by atoms with Gasteiger partial charge in [0.05, 0.1) is 11.3 Å². The minimum atomic E-state index is -0.639. The maximum atomic E-state index is 11.7. The van der Waals surface area contributed by atoms with Gasteiger partial charge in [-0.3, -0.25) is 14.1 Å². The molecule has 8 heteroatoms. The average molecular weight is 263 g/mol. The van der Waals surface area contributed by atoms with Gasteiger partial charge in [-0.05, 0) is 17.4 Å². The zero-order valence-corrected chi connectivity index (χ0v) is 9.75. The van der Waals surface area contributed by atoms with Crippen molar-refractivity contribution in [1.82, 2.24) is 5.27 Å². The minimum absolute atomic E-state index is 0.154. The monoisotopic (exact) mass is 263 g/mol. The quantitative estimate of drug-likeness (QED) is 0.612. The molecular formula is C11H11N4O4+. The number of primary amides is 1. The van der Waals surface area contributed by atoms with Gasteiger partial charge < -0.3 is 11.1 Å². The first-order chi connectivity index (χ1) is 9.06.